The molecule has 1 aromatic heterocycles. The normalized spacial score (nSPS) is 15.6. The van der Waals surface area contributed by atoms with E-state index in [9.17, 15) is 9.90 Å². The van der Waals surface area contributed by atoms with Gasteiger partial charge in [-0.2, -0.15) is 0 Å². The Labute approximate surface area is 290 Å². The van der Waals surface area contributed by atoms with Crippen molar-refractivity contribution in [3.05, 3.63) is 101 Å². The average Bonchev–Trinajstić information content (AvgIpc) is 3.24. The molecule has 3 aromatic carbocycles. The van der Waals surface area contributed by atoms with Gasteiger partial charge in [0.25, 0.3) is 0 Å². The average molecular weight is 793 g/mol. The number of fused-ring (bicyclic) bond motifs is 4. The number of allylic oxidation sites excluding steroid dienone is 2. The van der Waals surface area contributed by atoms with Gasteiger partial charge in [-0.25, -0.2) is 0 Å². The van der Waals surface area contributed by atoms with E-state index in [0.29, 0.717) is 0 Å². The molecule has 1 heterocycles. The molecular weight excluding hydrogens is 743 g/mol. The summed E-state index contributed by atoms with van der Waals surface area (Å²) in [5.74, 6) is 0.286. The third kappa shape index (κ3) is 5.50. The van der Waals surface area contributed by atoms with Crippen LogP contribution in [-0.2, 0) is 35.7 Å². The fourth-order valence-electron chi connectivity index (χ4n) is 7.28. The van der Waals surface area contributed by atoms with Crippen molar-refractivity contribution in [2.24, 2.45) is 10.8 Å². The number of pyridine rings is 1. The first-order chi connectivity index (χ1) is 21.2. The van der Waals surface area contributed by atoms with E-state index in [-0.39, 0.29) is 53.3 Å². The smallest absolute Gasteiger partial charge is 0.164 e. The van der Waals surface area contributed by atoms with Gasteiger partial charge >= 0.3 is 0 Å². The van der Waals surface area contributed by atoms with Crippen LogP contribution < -0.4 is 0 Å². The number of aliphatic hydroxyl groups excluding tert-OH is 1. The second kappa shape index (κ2) is 12.9. The van der Waals surface area contributed by atoms with Crippen molar-refractivity contribution in [1.82, 2.24) is 4.98 Å². The van der Waals surface area contributed by atoms with E-state index in [1.54, 1.807) is 0 Å². The summed E-state index contributed by atoms with van der Waals surface area (Å²) in [6, 6.07) is 23.4. The molecule has 0 saturated carbocycles. The number of aromatic nitrogens is 1. The maximum Gasteiger partial charge on any atom is 0.164 e. The van der Waals surface area contributed by atoms with E-state index < -0.39 is 0 Å². The number of hydrogen-bond donors (Lipinski definition) is 1. The molecule has 0 amide bonds. The molecular formula is C42H50IrNO2-. The number of rotatable bonds is 7. The van der Waals surface area contributed by atoms with Crippen molar-refractivity contribution in [2.45, 2.75) is 106 Å². The van der Waals surface area contributed by atoms with Crippen LogP contribution in [0.1, 0.15) is 117 Å². The van der Waals surface area contributed by atoms with Gasteiger partial charge in [0.2, 0.25) is 0 Å². The molecule has 0 atom stereocenters. The molecule has 4 heteroatoms. The van der Waals surface area contributed by atoms with Crippen LogP contribution in [0.4, 0.5) is 0 Å². The van der Waals surface area contributed by atoms with Crippen LogP contribution in [0.2, 0.25) is 0 Å². The second-order valence-electron chi connectivity index (χ2n) is 14.6. The Morgan fingerprint density at radius 3 is 1.98 bits per heavy atom. The van der Waals surface area contributed by atoms with Gasteiger partial charge in [0.05, 0.1) is 0 Å². The van der Waals surface area contributed by atoms with Crippen LogP contribution in [0.25, 0.3) is 33.2 Å². The van der Waals surface area contributed by atoms with Crippen molar-refractivity contribution < 1.29 is 30.0 Å². The van der Waals surface area contributed by atoms with Crippen molar-refractivity contribution in [2.75, 3.05) is 0 Å². The summed E-state index contributed by atoms with van der Waals surface area (Å²) in [6.07, 6.45) is 6.78. The van der Waals surface area contributed by atoms with E-state index in [0.717, 1.165) is 36.9 Å². The molecule has 0 unspecified atom stereocenters. The molecule has 1 radical (unpaired) electrons. The molecule has 0 fully saturated rings. The standard InChI is InChI=1S/C27H22N.C15H28O2.Ir/c1-26(2)19-12-7-11-18-22(19)23-20(26)13-8-14-21(23)27(3,4)24-17-10-6-5-9-16(17)15-28-25(18)24;1-7-14(5,8-2)12(16)11-13(17)15(6,9-3)10-4;/h5-10,12-15H,1-4H3;11,16H,7-10H2,1-6H3;/q-1;;/b;12-11-;. The molecule has 3 nitrogen and oxygen atoms in total. The van der Waals surface area contributed by atoms with Crippen molar-refractivity contribution in [3.8, 4) is 22.4 Å². The monoisotopic (exact) mass is 793 g/mol. The molecule has 0 aliphatic heterocycles. The fraction of sp³-hybridized carbons (Fsp3) is 0.429. The quantitative estimate of drug-likeness (QED) is 0.115. The topological polar surface area (TPSA) is 50.2 Å². The first-order valence-corrected chi connectivity index (χ1v) is 16.8. The van der Waals surface area contributed by atoms with Gasteiger partial charge in [0.15, 0.2) is 5.78 Å². The zero-order valence-corrected chi connectivity index (χ0v) is 31.7. The number of ketones is 1. The second-order valence-corrected chi connectivity index (χ2v) is 14.6. The maximum atomic E-state index is 12.2. The van der Waals surface area contributed by atoms with Crippen LogP contribution in [0, 0.1) is 16.9 Å². The van der Waals surface area contributed by atoms with Crippen LogP contribution in [-0.4, -0.2) is 15.9 Å². The van der Waals surface area contributed by atoms with E-state index >= 15 is 0 Å². The van der Waals surface area contributed by atoms with Crippen LogP contribution in [0.3, 0.4) is 0 Å². The van der Waals surface area contributed by atoms with E-state index in [1.165, 1.54) is 50.2 Å². The minimum Gasteiger partial charge on any atom is -0.512 e. The summed E-state index contributed by atoms with van der Waals surface area (Å²) in [6.45, 7) is 21.5. The molecule has 6 rings (SSSR count). The first-order valence-electron chi connectivity index (χ1n) is 16.8. The summed E-state index contributed by atoms with van der Waals surface area (Å²) in [7, 11) is 0. The summed E-state index contributed by atoms with van der Waals surface area (Å²) in [5, 5.41) is 12.6. The van der Waals surface area contributed by atoms with Gasteiger partial charge in [0.1, 0.15) is 5.76 Å². The number of benzene rings is 3. The van der Waals surface area contributed by atoms with E-state index in [1.807, 2.05) is 47.7 Å². The summed E-state index contributed by atoms with van der Waals surface area (Å²) >= 11 is 0. The molecule has 2 aliphatic rings. The molecule has 0 bridgehead atoms. The molecule has 1 N–H and O–H groups in total. The zero-order valence-electron chi connectivity index (χ0n) is 29.3. The Balaban J connectivity index is 0.000000234. The van der Waals surface area contributed by atoms with E-state index in [2.05, 4.69) is 88.4 Å². The molecule has 0 spiro atoms. The van der Waals surface area contributed by atoms with Crippen LogP contribution in [0.5, 0.6) is 0 Å². The third-order valence-electron chi connectivity index (χ3n) is 11.6. The molecule has 2 aliphatic carbocycles. The van der Waals surface area contributed by atoms with Gasteiger partial charge in [-0.15, -0.1) is 29.3 Å². The number of hydrogen-bond acceptors (Lipinski definition) is 3. The molecule has 46 heavy (non-hydrogen) atoms. The summed E-state index contributed by atoms with van der Waals surface area (Å²) in [5.41, 5.74) is 9.75. The molecule has 0 saturated heterocycles. The number of carbonyl (C=O) groups is 1. The first kappa shape index (κ1) is 35.8. The van der Waals surface area contributed by atoms with Gasteiger partial charge < -0.3 is 10.1 Å². The van der Waals surface area contributed by atoms with Crippen LogP contribution in [0.15, 0.2) is 72.6 Å². The third-order valence-corrected chi connectivity index (χ3v) is 11.6. The summed E-state index contributed by atoms with van der Waals surface area (Å²) in [4.78, 5) is 17.2. The van der Waals surface area contributed by atoms with Gasteiger partial charge in [-0.1, -0.05) is 123 Å². The maximum absolute atomic E-state index is 12.2. The molecule has 4 aromatic rings. The number of aliphatic hydroxyl groups is 1. The Hall–Kier alpha value is -3.07. The Morgan fingerprint density at radius 1 is 0.804 bits per heavy atom. The van der Waals surface area contributed by atoms with Crippen molar-refractivity contribution >= 4 is 16.6 Å². The predicted molar refractivity (Wildman–Crippen MR) is 189 cm³/mol. The number of nitrogens with zero attached hydrogens (tertiary/aromatic N) is 1. The SMILES string of the molecule is CC1(C)c2cc[c-]c3c2-c2c1cccc2C(C)(C)c1c-3ncc2ccccc12.CCC(C)(CC)C(=O)/C=C(\O)C(C)(CC)CC.[Ir]. The molecule has 245 valence electrons. The summed E-state index contributed by atoms with van der Waals surface area (Å²) < 4.78 is 0. The Morgan fingerprint density at radius 2 is 1.37 bits per heavy atom. The minimum absolute atomic E-state index is 0. The Kier molecular flexibility index (Phi) is 10.00. The minimum atomic E-state index is -0.337. The van der Waals surface area contributed by atoms with Gasteiger partial charge in [0, 0.05) is 48.6 Å². The number of carbonyl (C=O) groups excluding carboxylic acids is 1. The zero-order chi connectivity index (χ0) is 32.9. The van der Waals surface area contributed by atoms with Crippen molar-refractivity contribution in [1.29, 1.82) is 0 Å². The van der Waals surface area contributed by atoms with Crippen molar-refractivity contribution in [3.63, 3.8) is 0 Å². The fourth-order valence-corrected chi connectivity index (χ4v) is 7.28. The largest absolute Gasteiger partial charge is 0.512 e. The van der Waals surface area contributed by atoms with Crippen LogP contribution >= 0.6 is 0 Å². The predicted octanol–water partition coefficient (Wildman–Crippen LogP) is 11.3. The van der Waals surface area contributed by atoms with Gasteiger partial charge in [-0.05, 0) is 64.3 Å². The Bertz CT molecular complexity index is 1800. The van der Waals surface area contributed by atoms with E-state index in [4.69, 9.17) is 4.98 Å². The van der Waals surface area contributed by atoms with Gasteiger partial charge in [-0.3, -0.25) is 4.79 Å².